The molecule has 0 spiro atoms. The Bertz CT molecular complexity index is 786. The molecule has 2 heterocycles. The van der Waals surface area contributed by atoms with E-state index >= 15 is 0 Å². The fourth-order valence-electron chi connectivity index (χ4n) is 2.08. The molecule has 0 aliphatic carbocycles. The van der Waals surface area contributed by atoms with Crippen LogP contribution >= 0.6 is 11.8 Å². The zero-order chi connectivity index (χ0) is 14.7. The standard InChI is InChI=1S/C16H14N4S/c1-12-5-7-13(8-6-12)10-14(11-17)21-16-19-18-15-4-2-3-9-20(15)16/h2-9,14H,10H2,1H3/t14-/m1/s1. The predicted octanol–water partition coefficient (Wildman–Crippen LogP) is 3.26. The third-order valence-corrected chi connectivity index (χ3v) is 4.26. The molecule has 5 heteroatoms. The Morgan fingerprint density at radius 2 is 2.00 bits per heavy atom. The van der Waals surface area contributed by atoms with Crippen LogP contribution in [0.1, 0.15) is 11.1 Å². The van der Waals surface area contributed by atoms with Crippen molar-refractivity contribution in [3.8, 4) is 6.07 Å². The Balaban J connectivity index is 1.78. The van der Waals surface area contributed by atoms with Gasteiger partial charge in [-0.15, -0.1) is 10.2 Å². The molecular formula is C16H14N4S. The van der Waals surface area contributed by atoms with Gasteiger partial charge in [0.05, 0.1) is 6.07 Å². The van der Waals surface area contributed by atoms with Crippen LogP contribution in [0, 0.1) is 18.3 Å². The van der Waals surface area contributed by atoms with Crippen molar-refractivity contribution < 1.29 is 0 Å². The summed E-state index contributed by atoms with van der Waals surface area (Å²) in [6.45, 7) is 2.06. The second kappa shape index (κ2) is 5.98. The Kier molecular flexibility index (Phi) is 3.89. The van der Waals surface area contributed by atoms with Crippen LogP contribution in [0.5, 0.6) is 0 Å². The molecule has 2 aromatic heterocycles. The molecular weight excluding hydrogens is 280 g/mol. The van der Waals surface area contributed by atoms with E-state index in [2.05, 4.69) is 47.5 Å². The Morgan fingerprint density at radius 3 is 2.76 bits per heavy atom. The van der Waals surface area contributed by atoms with Gasteiger partial charge in [-0.25, -0.2) is 0 Å². The highest BCUT2D eigenvalue weighted by molar-refractivity contribution is 8.00. The monoisotopic (exact) mass is 294 g/mol. The van der Waals surface area contributed by atoms with Crippen LogP contribution in [0.4, 0.5) is 0 Å². The average Bonchev–Trinajstić information content (AvgIpc) is 2.92. The van der Waals surface area contributed by atoms with Crippen molar-refractivity contribution in [2.75, 3.05) is 0 Å². The van der Waals surface area contributed by atoms with Gasteiger partial charge in [-0.05, 0) is 31.0 Å². The lowest BCUT2D eigenvalue weighted by atomic mass is 10.1. The van der Waals surface area contributed by atoms with Crippen LogP contribution in [-0.4, -0.2) is 19.8 Å². The summed E-state index contributed by atoms with van der Waals surface area (Å²) in [6.07, 6.45) is 2.61. The maximum Gasteiger partial charge on any atom is 0.196 e. The zero-order valence-corrected chi connectivity index (χ0v) is 12.4. The molecule has 1 aromatic carbocycles. The third kappa shape index (κ3) is 3.06. The normalized spacial score (nSPS) is 12.2. The largest absolute Gasteiger partial charge is 0.277 e. The molecule has 3 aromatic rings. The van der Waals surface area contributed by atoms with Crippen molar-refractivity contribution in [2.45, 2.75) is 23.8 Å². The molecule has 0 unspecified atom stereocenters. The van der Waals surface area contributed by atoms with Gasteiger partial charge in [0.2, 0.25) is 0 Å². The van der Waals surface area contributed by atoms with Crippen LogP contribution in [0.25, 0.3) is 5.65 Å². The molecule has 104 valence electrons. The average molecular weight is 294 g/mol. The van der Waals surface area contributed by atoms with Crippen molar-refractivity contribution >= 4 is 17.4 Å². The summed E-state index contributed by atoms with van der Waals surface area (Å²) in [4.78, 5) is 0. The molecule has 0 fully saturated rings. The molecule has 1 atom stereocenters. The molecule has 0 radical (unpaired) electrons. The molecule has 0 aliphatic rings. The molecule has 0 saturated heterocycles. The summed E-state index contributed by atoms with van der Waals surface area (Å²) in [7, 11) is 0. The van der Waals surface area contributed by atoms with Crippen molar-refractivity contribution in [2.24, 2.45) is 0 Å². The number of pyridine rings is 1. The number of aryl methyl sites for hydroxylation is 1. The van der Waals surface area contributed by atoms with Gasteiger partial charge in [-0.2, -0.15) is 5.26 Å². The maximum absolute atomic E-state index is 9.38. The summed E-state index contributed by atoms with van der Waals surface area (Å²) in [5, 5.41) is 18.2. The second-order valence-corrected chi connectivity index (χ2v) is 6.01. The number of benzene rings is 1. The van der Waals surface area contributed by atoms with Crippen molar-refractivity contribution in [1.82, 2.24) is 14.6 Å². The molecule has 0 amide bonds. The van der Waals surface area contributed by atoms with Gasteiger partial charge in [-0.1, -0.05) is 47.7 Å². The third-order valence-electron chi connectivity index (χ3n) is 3.22. The highest BCUT2D eigenvalue weighted by Crippen LogP contribution is 2.24. The fraction of sp³-hybridized carbons (Fsp3) is 0.188. The van der Waals surface area contributed by atoms with Crippen LogP contribution in [0.2, 0.25) is 0 Å². The number of rotatable bonds is 4. The number of thioether (sulfide) groups is 1. The minimum atomic E-state index is -0.180. The first-order chi connectivity index (χ1) is 10.3. The van der Waals surface area contributed by atoms with Gasteiger partial charge < -0.3 is 0 Å². The Labute approximate surface area is 127 Å². The summed E-state index contributed by atoms with van der Waals surface area (Å²) >= 11 is 1.45. The first-order valence-corrected chi connectivity index (χ1v) is 7.56. The summed E-state index contributed by atoms with van der Waals surface area (Å²) in [5.74, 6) is 0. The topological polar surface area (TPSA) is 54.0 Å². The number of nitrogens with zero attached hydrogens (tertiary/aromatic N) is 4. The van der Waals surface area contributed by atoms with E-state index in [1.54, 1.807) is 0 Å². The van der Waals surface area contributed by atoms with Gasteiger partial charge in [0.1, 0.15) is 5.25 Å². The highest BCUT2D eigenvalue weighted by Gasteiger charge is 2.15. The van der Waals surface area contributed by atoms with Crippen LogP contribution in [0.3, 0.4) is 0 Å². The van der Waals surface area contributed by atoms with Crippen molar-refractivity contribution in [3.63, 3.8) is 0 Å². The van der Waals surface area contributed by atoms with E-state index in [4.69, 9.17) is 0 Å². The Morgan fingerprint density at radius 1 is 1.19 bits per heavy atom. The fourth-order valence-corrected chi connectivity index (χ4v) is 3.02. The lowest BCUT2D eigenvalue weighted by molar-refractivity contribution is 0.909. The minimum Gasteiger partial charge on any atom is -0.277 e. The van der Waals surface area contributed by atoms with E-state index in [0.29, 0.717) is 6.42 Å². The molecule has 21 heavy (non-hydrogen) atoms. The van der Waals surface area contributed by atoms with Gasteiger partial charge in [0.25, 0.3) is 0 Å². The number of aromatic nitrogens is 3. The molecule has 0 saturated carbocycles. The smallest absolute Gasteiger partial charge is 0.196 e. The molecule has 0 N–H and O–H groups in total. The quantitative estimate of drug-likeness (QED) is 0.693. The predicted molar refractivity (Wildman–Crippen MR) is 83.1 cm³/mol. The summed E-state index contributed by atoms with van der Waals surface area (Å²) in [5.41, 5.74) is 3.18. The number of hydrogen-bond acceptors (Lipinski definition) is 4. The summed E-state index contributed by atoms with van der Waals surface area (Å²) in [6, 6.07) is 16.4. The van der Waals surface area contributed by atoms with Crippen molar-refractivity contribution in [1.29, 1.82) is 5.26 Å². The first kappa shape index (κ1) is 13.7. The molecule has 3 rings (SSSR count). The molecule has 0 bridgehead atoms. The van der Waals surface area contributed by atoms with Crippen LogP contribution in [0.15, 0.2) is 53.8 Å². The molecule has 0 aliphatic heterocycles. The van der Waals surface area contributed by atoms with E-state index in [1.807, 2.05) is 28.8 Å². The van der Waals surface area contributed by atoms with Crippen LogP contribution in [-0.2, 0) is 6.42 Å². The lowest BCUT2D eigenvalue weighted by Gasteiger charge is -2.08. The van der Waals surface area contributed by atoms with E-state index in [9.17, 15) is 5.26 Å². The summed E-state index contributed by atoms with van der Waals surface area (Å²) < 4.78 is 1.91. The van der Waals surface area contributed by atoms with Crippen molar-refractivity contribution in [3.05, 3.63) is 59.8 Å². The highest BCUT2D eigenvalue weighted by atomic mass is 32.2. The van der Waals surface area contributed by atoms with Gasteiger partial charge in [-0.3, -0.25) is 4.40 Å². The van der Waals surface area contributed by atoms with E-state index in [0.717, 1.165) is 16.4 Å². The lowest BCUT2D eigenvalue weighted by Crippen LogP contribution is -2.05. The zero-order valence-electron chi connectivity index (χ0n) is 11.6. The van der Waals surface area contributed by atoms with E-state index in [1.165, 1.54) is 17.3 Å². The molecule has 4 nitrogen and oxygen atoms in total. The Hall–Kier alpha value is -2.32. The number of fused-ring (bicyclic) bond motifs is 1. The SMILES string of the molecule is Cc1ccc(C[C@H](C#N)Sc2nnc3ccccn23)cc1. The van der Waals surface area contributed by atoms with E-state index in [-0.39, 0.29) is 5.25 Å². The van der Waals surface area contributed by atoms with Gasteiger partial charge in [0, 0.05) is 6.20 Å². The second-order valence-electron chi connectivity index (χ2n) is 4.84. The van der Waals surface area contributed by atoms with E-state index < -0.39 is 0 Å². The minimum absolute atomic E-state index is 0.180. The van der Waals surface area contributed by atoms with Crippen LogP contribution < -0.4 is 0 Å². The maximum atomic E-state index is 9.38. The van der Waals surface area contributed by atoms with Gasteiger partial charge in [0.15, 0.2) is 10.8 Å². The number of nitriles is 1. The first-order valence-electron chi connectivity index (χ1n) is 6.68. The number of hydrogen-bond donors (Lipinski definition) is 0. The van der Waals surface area contributed by atoms with Gasteiger partial charge >= 0.3 is 0 Å².